The largest absolute Gasteiger partial charge is 0.459 e. The summed E-state index contributed by atoms with van der Waals surface area (Å²) >= 11 is 6.40. The lowest BCUT2D eigenvalue weighted by atomic mass is 9.96. The van der Waals surface area contributed by atoms with E-state index in [4.69, 9.17) is 4.74 Å². The van der Waals surface area contributed by atoms with E-state index in [0.29, 0.717) is 20.6 Å². The van der Waals surface area contributed by atoms with E-state index in [-0.39, 0.29) is 11.7 Å². The zero-order valence-corrected chi connectivity index (χ0v) is 21.9. The molecule has 1 atom stereocenters. The molecule has 3 aromatic rings. The number of thioether (sulfide) groups is 1. The normalized spacial score (nSPS) is 16.1. The summed E-state index contributed by atoms with van der Waals surface area (Å²) in [7, 11) is 0. The third kappa shape index (κ3) is 4.93. The fourth-order valence-corrected chi connectivity index (χ4v) is 5.39. The first-order chi connectivity index (χ1) is 15.8. The van der Waals surface area contributed by atoms with Gasteiger partial charge in [-0.05, 0) is 68.5 Å². The van der Waals surface area contributed by atoms with Gasteiger partial charge in [-0.1, -0.05) is 51.5 Å². The number of thiazole rings is 1. The maximum Gasteiger partial charge on any atom is 0.338 e. The lowest BCUT2D eigenvalue weighted by Crippen LogP contribution is -2.40. The molecular weight excluding hydrogens is 520 g/mol. The van der Waals surface area contributed by atoms with E-state index in [1.54, 1.807) is 23.3 Å². The molecule has 0 amide bonds. The van der Waals surface area contributed by atoms with Crippen LogP contribution in [0.2, 0.25) is 0 Å². The van der Waals surface area contributed by atoms with Gasteiger partial charge in [0.25, 0.3) is 5.56 Å². The van der Waals surface area contributed by atoms with Crippen molar-refractivity contribution in [1.82, 2.24) is 4.57 Å². The lowest BCUT2D eigenvalue weighted by Gasteiger charge is -2.25. The number of nitrogens with zero attached hydrogens (tertiary/aromatic N) is 2. The molecule has 5 nitrogen and oxygen atoms in total. The highest BCUT2D eigenvalue weighted by molar-refractivity contribution is 9.10. The second kappa shape index (κ2) is 9.83. The maximum atomic E-state index is 13.6. The second-order valence-corrected chi connectivity index (χ2v) is 10.7. The standard InChI is InChI=1S/C25H23BrN2O3S2/c1-14(2)31-24(30)21-15(3)27-25-28(22(21)17-7-11-19(32-4)12-8-17)23(29)20(33-25)13-16-5-9-18(26)10-6-16/h5-14,22H,1-4H3. The summed E-state index contributed by atoms with van der Waals surface area (Å²) in [4.78, 5) is 33.0. The van der Waals surface area contributed by atoms with Gasteiger partial charge < -0.3 is 4.74 Å². The first kappa shape index (κ1) is 23.7. The third-order valence-electron chi connectivity index (χ3n) is 5.18. The smallest absolute Gasteiger partial charge is 0.338 e. The molecule has 1 aromatic heterocycles. The molecule has 1 aliphatic heterocycles. The number of carbonyl (C=O) groups excluding carboxylic acids is 1. The van der Waals surface area contributed by atoms with Crippen molar-refractivity contribution in [2.75, 3.05) is 6.26 Å². The molecule has 4 rings (SSSR count). The van der Waals surface area contributed by atoms with Crippen LogP contribution in [0.1, 0.15) is 37.9 Å². The Morgan fingerprint density at radius 3 is 2.45 bits per heavy atom. The van der Waals surface area contributed by atoms with Crippen molar-refractivity contribution in [2.24, 2.45) is 4.99 Å². The molecule has 1 unspecified atom stereocenters. The van der Waals surface area contributed by atoms with Gasteiger partial charge >= 0.3 is 5.97 Å². The third-order valence-corrected chi connectivity index (χ3v) is 7.44. The Kier molecular flexibility index (Phi) is 7.07. The average molecular weight is 544 g/mol. The predicted molar refractivity (Wildman–Crippen MR) is 137 cm³/mol. The number of hydrogen-bond donors (Lipinski definition) is 0. The number of halogens is 1. The topological polar surface area (TPSA) is 60.7 Å². The van der Waals surface area contributed by atoms with E-state index in [1.807, 2.05) is 74.7 Å². The van der Waals surface area contributed by atoms with Crippen LogP contribution in [0.5, 0.6) is 0 Å². The van der Waals surface area contributed by atoms with Gasteiger partial charge in [0.1, 0.15) is 0 Å². The summed E-state index contributed by atoms with van der Waals surface area (Å²) in [5.74, 6) is -0.451. The number of carbonyl (C=O) groups is 1. The van der Waals surface area contributed by atoms with Crippen LogP contribution in [0.3, 0.4) is 0 Å². The molecule has 2 heterocycles. The first-order valence-electron chi connectivity index (χ1n) is 10.4. The minimum Gasteiger partial charge on any atom is -0.459 e. The number of rotatable bonds is 5. The van der Waals surface area contributed by atoms with Gasteiger partial charge in [-0.3, -0.25) is 9.36 Å². The summed E-state index contributed by atoms with van der Waals surface area (Å²) in [6, 6.07) is 15.1. The Morgan fingerprint density at radius 2 is 1.85 bits per heavy atom. The summed E-state index contributed by atoms with van der Waals surface area (Å²) in [6.07, 6.45) is 3.59. The van der Waals surface area contributed by atoms with E-state index < -0.39 is 12.0 Å². The van der Waals surface area contributed by atoms with Gasteiger partial charge in [-0.15, -0.1) is 11.8 Å². The van der Waals surface area contributed by atoms with Crippen molar-refractivity contribution in [1.29, 1.82) is 0 Å². The molecule has 8 heteroatoms. The molecule has 0 saturated carbocycles. The quantitative estimate of drug-likeness (QED) is 0.347. The number of fused-ring (bicyclic) bond motifs is 1. The molecule has 0 aliphatic carbocycles. The second-order valence-electron chi connectivity index (χ2n) is 7.86. The van der Waals surface area contributed by atoms with E-state index in [2.05, 4.69) is 20.9 Å². The highest BCUT2D eigenvalue weighted by Crippen LogP contribution is 2.32. The molecule has 170 valence electrons. The van der Waals surface area contributed by atoms with Crippen LogP contribution in [0.15, 0.2) is 79.0 Å². The number of aromatic nitrogens is 1. The lowest BCUT2D eigenvalue weighted by molar-refractivity contribution is -0.143. The van der Waals surface area contributed by atoms with Crippen LogP contribution in [0.25, 0.3) is 6.08 Å². The van der Waals surface area contributed by atoms with Crippen molar-refractivity contribution in [2.45, 2.75) is 37.8 Å². The van der Waals surface area contributed by atoms with Gasteiger partial charge in [0.15, 0.2) is 4.80 Å². The fourth-order valence-electron chi connectivity index (χ4n) is 3.67. The molecule has 33 heavy (non-hydrogen) atoms. The molecular formula is C25H23BrN2O3S2. The Morgan fingerprint density at radius 1 is 1.18 bits per heavy atom. The summed E-state index contributed by atoms with van der Waals surface area (Å²) < 4.78 is 8.69. The Hall–Kier alpha value is -2.42. The van der Waals surface area contributed by atoms with E-state index in [0.717, 1.165) is 20.5 Å². The Bertz CT molecular complexity index is 1400. The van der Waals surface area contributed by atoms with Crippen LogP contribution >= 0.6 is 39.0 Å². The highest BCUT2D eigenvalue weighted by Gasteiger charge is 2.33. The summed E-state index contributed by atoms with van der Waals surface area (Å²) in [5.41, 5.74) is 2.54. The van der Waals surface area contributed by atoms with Crippen molar-refractivity contribution in [3.05, 3.63) is 95.1 Å². The van der Waals surface area contributed by atoms with Gasteiger partial charge in [0, 0.05) is 9.37 Å². The van der Waals surface area contributed by atoms with Crippen LogP contribution < -0.4 is 14.9 Å². The van der Waals surface area contributed by atoms with Crippen molar-refractivity contribution in [3.63, 3.8) is 0 Å². The number of allylic oxidation sites excluding steroid dienone is 1. The summed E-state index contributed by atoms with van der Waals surface area (Å²) in [5, 5.41) is 0. The first-order valence-corrected chi connectivity index (χ1v) is 13.2. The average Bonchev–Trinajstić information content (AvgIpc) is 3.08. The molecule has 0 saturated heterocycles. The summed E-state index contributed by atoms with van der Waals surface area (Å²) in [6.45, 7) is 5.42. The van der Waals surface area contributed by atoms with Crippen LogP contribution in [0.4, 0.5) is 0 Å². The number of benzene rings is 2. The Balaban J connectivity index is 1.92. The fraction of sp³-hybridized carbons (Fsp3) is 0.240. The van der Waals surface area contributed by atoms with E-state index >= 15 is 0 Å². The van der Waals surface area contributed by atoms with Crippen LogP contribution in [-0.4, -0.2) is 22.9 Å². The minimum atomic E-state index is -0.601. The van der Waals surface area contributed by atoms with Gasteiger partial charge in [-0.2, -0.15) is 0 Å². The zero-order valence-electron chi connectivity index (χ0n) is 18.7. The number of ether oxygens (including phenoxy) is 1. The van der Waals surface area contributed by atoms with Crippen molar-refractivity contribution in [3.8, 4) is 0 Å². The van der Waals surface area contributed by atoms with Gasteiger partial charge in [0.2, 0.25) is 0 Å². The maximum absolute atomic E-state index is 13.6. The number of esters is 1. The number of hydrogen-bond acceptors (Lipinski definition) is 6. The van der Waals surface area contributed by atoms with Crippen molar-refractivity contribution < 1.29 is 9.53 Å². The van der Waals surface area contributed by atoms with Crippen LogP contribution in [0, 0.1) is 0 Å². The van der Waals surface area contributed by atoms with E-state index in [1.165, 1.54) is 11.3 Å². The molecule has 2 aromatic carbocycles. The molecule has 0 spiro atoms. The predicted octanol–water partition coefficient (Wildman–Crippen LogP) is 4.67. The molecule has 0 fully saturated rings. The zero-order chi connectivity index (χ0) is 23.7. The molecule has 0 N–H and O–H groups in total. The SMILES string of the molecule is CSc1ccc(C2C(C(=O)OC(C)C)=C(C)N=c3sc(=Cc4ccc(Br)cc4)c(=O)n32)cc1. The van der Waals surface area contributed by atoms with Crippen LogP contribution in [-0.2, 0) is 9.53 Å². The molecule has 1 aliphatic rings. The highest BCUT2D eigenvalue weighted by atomic mass is 79.9. The van der Waals surface area contributed by atoms with E-state index in [9.17, 15) is 9.59 Å². The minimum absolute atomic E-state index is 0.178. The molecule has 0 radical (unpaired) electrons. The molecule has 0 bridgehead atoms. The Labute approximate surface area is 208 Å². The van der Waals surface area contributed by atoms with Gasteiger partial charge in [-0.25, -0.2) is 9.79 Å². The van der Waals surface area contributed by atoms with Gasteiger partial charge in [0.05, 0.1) is 27.9 Å². The van der Waals surface area contributed by atoms with Crippen molar-refractivity contribution >= 4 is 51.1 Å². The monoisotopic (exact) mass is 542 g/mol.